The van der Waals surface area contributed by atoms with Gasteiger partial charge in [0.15, 0.2) is 11.9 Å². The largest absolute Gasteiger partial charge is 0.459 e. The number of amides is 1. The lowest BCUT2D eigenvalue weighted by atomic mass is 10.0. The minimum absolute atomic E-state index is 0.0511. The quantitative estimate of drug-likeness (QED) is 0.269. The van der Waals surface area contributed by atoms with Crippen molar-refractivity contribution < 1.29 is 49.4 Å². The molecule has 0 aliphatic carbocycles. The minimum Gasteiger partial charge on any atom is -0.368 e. The first-order chi connectivity index (χ1) is 16.9. The maximum atomic E-state index is 13.9. The van der Waals surface area contributed by atoms with Crippen LogP contribution in [0.3, 0.4) is 0 Å². The van der Waals surface area contributed by atoms with E-state index < -0.39 is 53.2 Å². The number of aryl methyl sites for hydroxylation is 2. The summed E-state index contributed by atoms with van der Waals surface area (Å²) < 4.78 is 121. The number of carbonyl (C=O) groups excluding carboxylic acids is 1. The number of para-hydroxylation sites is 1. The topological polar surface area (TPSA) is 79.2 Å². The number of benzene rings is 2. The molecule has 1 aromatic heterocycles. The van der Waals surface area contributed by atoms with Gasteiger partial charge >= 0.3 is 18.3 Å². The Kier molecular flexibility index (Phi) is 7.23. The number of hydrogen-bond acceptors (Lipinski definition) is 4. The monoisotopic (exact) mass is 540 g/mol. The van der Waals surface area contributed by atoms with E-state index in [9.17, 15) is 49.4 Å². The van der Waals surface area contributed by atoms with Gasteiger partial charge in [-0.25, -0.2) is 4.39 Å². The van der Waals surface area contributed by atoms with Crippen molar-refractivity contribution in [2.24, 2.45) is 7.05 Å². The molecule has 0 radical (unpaired) electrons. The number of carbonyl (C=O) groups is 1. The molecular weight excluding hydrogens is 523 g/mol. The Hall–Kier alpha value is -3.75. The van der Waals surface area contributed by atoms with Crippen LogP contribution in [-0.2, 0) is 19.1 Å². The molecule has 6 nitrogen and oxygen atoms in total. The molecule has 0 aliphatic heterocycles. The summed E-state index contributed by atoms with van der Waals surface area (Å²) >= 11 is 0. The van der Waals surface area contributed by atoms with Crippen LogP contribution in [0.2, 0.25) is 0 Å². The number of aliphatic hydroxyl groups is 1. The molecular formula is C22H17F9N4O2. The van der Waals surface area contributed by atoms with Crippen LogP contribution < -0.4 is 10.6 Å². The predicted octanol–water partition coefficient (Wildman–Crippen LogP) is 5.90. The summed E-state index contributed by atoms with van der Waals surface area (Å²) in [5, 5.41) is 17.5. The molecule has 1 heterocycles. The first kappa shape index (κ1) is 27.8. The lowest BCUT2D eigenvalue weighted by Crippen LogP contribution is -2.36. The molecule has 2 aromatic carbocycles. The van der Waals surface area contributed by atoms with E-state index in [2.05, 4.69) is 15.7 Å². The first-order valence-electron chi connectivity index (χ1n) is 10.2. The van der Waals surface area contributed by atoms with E-state index in [-0.39, 0.29) is 21.6 Å². The van der Waals surface area contributed by atoms with Gasteiger partial charge in [0.2, 0.25) is 0 Å². The second-order valence-electron chi connectivity index (χ2n) is 7.81. The Balaban J connectivity index is 1.98. The molecule has 0 saturated carbocycles. The van der Waals surface area contributed by atoms with Crippen LogP contribution in [0.25, 0.3) is 0 Å². The molecule has 3 aromatic rings. The molecule has 1 atom stereocenters. The van der Waals surface area contributed by atoms with Gasteiger partial charge in [0, 0.05) is 18.3 Å². The number of anilines is 2. The van der Waals surface area contributed by atoms with Crippen LogP contribution >= 0.6 is 0 Å². The van der Waals surface area contributed by atoms with E-state index in [1.165, 1.54) is 37.3 Å². The van der Waals surface area contributed by atoms with Crippen molar-refractivity contribution in [2.45, 2.75) is 31.4 Å². The molecule has 0 saturated heterocycles. The van der Waals surface area contributed by atoms with Crippen molar-refractivity contribution in [3.05, 3.63) is 76.4 Å². The summed E-state index contributed by atoms with van der Waals surface area (Å²) in [7, 11) is 0.647. The van der Waals surface area contributed by atoms with E-state index in [1.54, 1.807) is 0 Å². The van der Waals surface area contributed by atoms with E-state index in [1.807, 2.05) is 0 Å². The van der Waals surface area contributed by atoms with Crippen molar-refractivity contribution in [2.75, 3.05) is 10.6 Å². The maximum absolute atomic E-state index is 13.9. The van der Waals surface area contributed by atoms with Gasteiger partial charge < -0.3 is 15.7 Å². The number of rotatable bonds is 6. The third-order valence-corrected chi connectivity index (χ3v) is 5.20. The second kappa shape index (κ2) is 9.61. The fourth-order valence-electron chi connectivity index (χ4n) is 3.42. The van der Waals surface area contributed by atoms with Crippen molar-refractivity contribution in [3.63, 3.8) is 0 Å². The molecule has 1 amide bonds. The van der Waals surface area contributed by atoms with Crippen LogP contribution in [0, 0.1) is 12.7 Å². The van der Waals surface area contributed by atoms with Gasteiger partial charge in [-0.15, -0.1) is 0 Å². The van der Waals surface area contributed by atoms with Gasteiger partial charge in [0.1, 0.15) is 11.4 Å². The number of halogens is 9. The highest BCUT2D eigenvalue weighted by Crippen LogP contribution is 2.49. The lowest BCUT2D eigenvalue weighted by Gasteiger charge is -2.21. The number of alkyl halides is 8. The minimum atomic E-state index is -6.39. The summed E-state index contributed by atoms with van der Waals surface area (Å²) in [6, 6.07) is 8.75. The van der Waals surface area contributed by atoms with Gasteiger partial charge in [-0.1, -0.05) is 18.2 Å². The number of aromatic nitrogens is 2. The summed E-state index contributed by atoms with van der Waals surface area (Å²) in [6.45, 7) is 1.48. The lowest BCUT2D eigenvalue weighted by molar-refractivity contribution is -0.292. The second-order valence-corrected chi connectivity index (χ2v) is 7.81. The molecule has 3 rings (SSSR count). The van der Waals surface area contributed by atoms with Crippen molar-refractivity contribution in [1.29, 1.82) is 0 Å². The normalized spacial score (nSPS) is 13.4. The highest BCUT2D eigenvalue weighted by molar-refractivity contribution is 6.05. The zero-order valence-electron chi connectivity index (χ0n) is 18.8. The standard InChI is InChI=1S/C22H17F9N4O2/c1-10-7-8-11(9-12(10)18(36)33-14-6-4-3-5-13(14)23)32-19(37)16-15(21(26,27)28)17(34-35(16)2)20(24,25)22(29,30)31/h3-9,19,32,37H,1-2H3,(H,33,36). The first-order valence-corrected chi connectivity index (χ1v) is 10.2. The highest BCUT2D eigenvalue weighted by atomic mass is 19.4. The zero-order chi connectivity index (χ0) is 27.9. The van der Waals surface area contributed by atoms with Crippen LogP contribution in [-0.4, -0.2) is 27.0 Å². The number of nitrogens with zero attached hydrogens (tertiary/aromatic N) is 2. The molecule has 0 fully saturated rings. The molecule has 15 heteroatoms. The number of hydrogen-bond donors (Lipinski definition) is 3. The Labute approximate surface area is 202 Å². The molecule has 0 aliphatic rings. The molecule has 0 bridgehead atoms. The molecule has 0 spiro atoms. The Bertz CT molecular complexity index is 1320. The molecule has 200 valence electrons. The molecule has 1 unspecified atom stereocenters. The van der Waals surface area contributed by atoms with Gasteiger partial charge in [-0.05, 0) is 36.8 Å². The van der Waals surface area contributed by atoms with Crippen molar-refractivity contribution >= 4 is 17.3 Å². The SMILES string of the molecule is Cc1ccc(NC(O)c2c(C(F)(F)F)c(C(F)(F)C(F)(F)F)nn2C)cc1C(=O)Nc1ccccc1F. The molecule has 37 heavy (non-hydrogen) atoms. The van der Waals surface area contributed by atoms with Gasteiger partial charge in [-0.2, -0.15) is 40.2 Å². The average molecular weight is 540 g/mol. The summed E-state index contributed by atoms with van der Waals surface area (Å²) in [6.07, 6.45) is -14.6. The summed E-state index contributed by atoms with van der Waals surface area (Å²) in [5.41, 5.74) is -6.68. The fourth-order valence-corrected chi connectivity index (χ4v) is 3.42. The zero-order valence-corrected chi connectivity index (χ0v) is 18.8. The van der Waals surface area contributed by atoms with Gasteiger partial charge in [0.25, 0.3) is 5.91 Å². The van der Waals surface area contributed by atoms with E-state index in [0.29, 0.717) is 12.6 Å². The Morgan fingerprint density at radius 3 is 2.22 bits per heavy atom. The maximum Gasteiger partial charge on any atom is 0.459 e. The average Bonchev–Trinajstić information content (AvgIpc) is 3.14. The highest BCUT2D eigenvalue weighted by Gasteiger charge is 2.64. The number of nitrogens with one attached hydrogen (secondary N) is 2. The Morgan fingerprint density at radius 2 is 1.65 bits per heavy atom. The summed E-state index contributed by atoms with van der Waals surface area (Å²) in [4.78, 5) is 12.6. The van der Waals surface area contributed by atoms with Crippen LogP contribution in [0.4, 0.5) is 50.9 Å². The van der Waals surface area contributed by atoms with E-state index in [0.717, 1.165) is 12.1 Å². The van der Waals surface area contributed by atoms with E-state index >= 15 is 0 Å². The van der Waals surface area contributed by atoms with Crippen LogP contribution in [0.1, 0.15) is 39.1 Å². The van der Waals surface area contributed by atoms with Crippen molar-refractivity contribution in [1.82, 2.24) is 9.78 Å². The number of aliphatic hydroxyl groups excluding tert-OH is 1. The predicted molar refractivity (Wildman–Crippen MR) is 112 cm³/mol. The Morgan fingerprint density at radius 1 is 1.03 bits per heavy atom. The smallest absolute Gasteiger partial charge is 0.368 e. The van der Waals surface area contributed by atoms with E-state index in [4.69, 9.17) is 0 Å². The third kappa shape index (κ3) is 5.50. The van der Waals surface area contributed by atoms with Gasteiger partial charge in [0.05, 0.1) is 11.4 Å². The fraction of sp³-hybridized carbons (Fsp3) is 0.273. The van der Waals surface area contributed by atoms with Gasteiger partial charge in [-0.3, -0.25) is 9.48 Å². The van der Waals surface area contributed by atoms with Crippen molar-refractivity contribution in [3.8, 4) is 0 Å². The van der Waals surface area contributed by atoms with Crippen LogP contribution in [0.5, 0.6) is 0 Å². The third-order valence-electron chi connectivity index (χ3n) is 5.20. The van der Waals surface area contributed by atoms with Crippen LogP contribution in [0.15, 0.2) is 42.5 Å². The summed E-state index contributed by atoms with van der Waals surface area (Å²) in [5.74, 6) is -7.56. The molecule has 3 N–H and O–H groups in total.